The number of sulfonamides is 1. The molecule has 1 heterocycles. The Labute approximate surface area is 237 Å². The van der Waals surface area contributed by atoms with Crippen molar-refractivity contribution in [3.63, 3.8) is 0 Å². The van der Waals surface area contributed by atoms with Gasteiger partial charge in [0.2, 0.25) is 0 Å². The van der Waals surface area contributed by atoms with E-state index in [1.807, 2.05) is 18.2 Å². The maximum absolute atomic E-state index is 12.8. The summed E-state index contributed by atoms with van der Waals surface area (Å²) in [5.74, 6) is 0. The predicted octanol–water partition coefficient (Wildman–Crippen LogP) is 5.23. The van der Waals surface area contributed by atoms with Gasteiger partial charge in [0.05, 0.1) is 11.0 Å². The third-order valence-corrected chi connectivity index (χ3v) is 7.84. The largest absolute Gasteiger partial charge is 0.387 e. The van der Waals surface area contributed by atoms with Crippen LogP contribution in [-0.4, -0.2) is 44.2 Å². The summed E-state index contributed by atoms with van der Waals surface area (Å²) in [6.45, 7) is 3.88. The minimum atomic E-state index is -3.78. The van der Waals surface area contributed by atoms with E-state index >= 15 is 0 Å². The van der Waals surface area contributed by atoms with E-state index in [0.29, 0.717) is 31.0 Å². The predicted molar refractivity (Wildman–Crippen MR) is 160 cm³/mol. The van der Waals surface area contributed by atoms with Gasteiger partial charge in [-0.1, -0.05) is 57.2 Å². The van der Waals surface area contributed by atoms with Crippen molar-refractivity contribution < 1.29 is 18.3 Å². The molecular formula is C30H41N5O4S. The number of pyridine rings is 1. The first kappa shape index (κ1) is 31.1. The monoisotopic (exact) mass is 567 g/mol. The summed E-state index contributed by atoms with van der Waals surface area (Å²) in [5, 5.41) is 19.0. The Morgan fingerprint density at radius 2 is 1.60 bits per heavy atom. The van der Waals surface area contributed by atoms with E-state index in [4.69, 9.17) is 0 Å². The van der Waals surface area contributed by atoms with E-state index in [0.717, 1.165) is 30.4 Å². The number of aliphatic hydroxyl groups is 1. The molecule has 0 aliphatic rings. The second-order valence-corrected chi connectivity index (χ2v) is 11.4. The Morgan fingerprint density at radius 1 is 0.900 bits per heavy atom. The van der Waals surface area contributed by atoms with Crippen LogP contribution >= 0.6 is 0 Å². The molecule has 9 nitrogen and oxygen atoms in total. The highest BCUT2D eigenvalue weighted by molar-refractivity contribution is 7.92. The van der Waals surface area contributed by atoms with E-state index in [1.165, 1.54) is 37.8 Å². The number of aliphatic hydroxyl groups excluding tert-OH is 1. The molecule has 10 heteroatoms. The molecule has 0 radical (unpaired) electrons. The molecule has 1 aromatic heterocycles. The molecule has 1 atom stereocenters. The van der Waals surface area contributed by atoms with Crippen LogP contribution in [-0.2, 0) is 16.4 Å². The Kier molecular flexibility index (Phi) is 12.9. The lowest BCUT2D eigenvalue weighted by molar-refractivity contribution is 0.174. The molecular weight excluding hydrogens is 526 g/mol. The van der Waals surface area contributed by atoms with Gasteiger partial charge in [0.1, 0.15) is 0 Å². The van der Waals surface area contributed by atoms with Gasteiger partial charge in [0, 0.05) is 42.4 Å². The van der Waals surface area contributed by atoms with Crippen LogP contribution in [0.15, 0.2) is 78.0 Å². The average molecular weight is 568 g/mol. The highest BCUT2D eigenvalue weighted by atomic mass is 32.2. The summed E-state index contributed by atoms with van der Waals surface area (Å²) in [7, 11) is -3.78. The van der Waals surface area contributed by atoms with Gasteiger partial charge in [-0.05, 0) is 67.4 Å². The number of aromatic nitrogens is 1. The van der Waals surface area contributed by atoms with Gasteiger partial charge in [-0.2, -0.15) is 0 Å². The number of hydrogen-bond donors (Lipinski definition) is 5. The van der Waals surface area contributed by atoms with Gasteiger partial charge in [-0.25, -0.2) is 13.2 Å². The molecule has 5 N–H and O–H groups in total. The molecule has 40 heavy (non-hydrogen) atoms. The number of nitrogens with zero attached hydrogens (tertiary/aromatic N) is 1. The van der Waals surface area contributed by atoms with Gasteiger partial charge in [0.15, 0.2) is 0 Å². The van der Waals surface area contributed by atoms with Crippen LogP contribution in [0.25, 0.3) is 0 Å². The second kappa shape index (κ2) is 16.6. The van der Waals surface area contributed by atoms with Crippen molar-refractivity contribution in [1.29, 1.82) is 0 Å². The van der Waals surface area contributed by atoms with Crippen LogP contribution in [0.3, 0.4) is 0 Å². The summed E-state index contributed by atoms with van der Waals surface area (Å²) in [5.41, 5.74) is 2.78. The lowest BCUT2D eigenvalue weighted by Gasteiger charge is -2.12. The Morgan fingerprint density at radius 3 is 2.30 bits per heavy atom. The molecule has 2 aromatic carbocycles. The van der Waals surface area contributed by atoms with Crippen LogP contribution in [0.2, 0.25) is 0 Å². The van der Waals surface area contributed by atoms with Crippen LogP contribution in [0.5, 0.6) is 0 Å². The number of anilines is 2. The molecule has 0 fully saturated rings. The summed E-state index contributed by atoms with van der Waals surface area (Å²) in [6.07, 6.45) is 10.3. The molecule has 1 unspecified atom stereocenters. The summed E-state index contributed by atoms with van der Waals surface area (Å²) in [6, 6.07) is 16.6. The van der Waals surface area contributed by atoms with Crippen molar-refractivity contribution in [3.8, 4) is 0 Å². The SMILES string of the molecule is CCCCCCCCNC(=O)Nc1ccc(S(=O)(=O)Nc2ccc(CCNCC(O)c3cccnc3)cc2)cc1. The van der Waals surface area contributed by atoms with Gasteiger partial charge in [0.25, 0.3) is 10.0 Å². The number of amides is 2. The summed E-state index contributed by atoms with van der Waals surface area (Å²) in [4.78, 5) is 16.2. The highest BCUT2D eigenvalue weighted by Gasteiger charge is 2.14. The van der Waals surface area contributed by atoms with E-state index in [1.54, 1.807) is 42.7 Å². The molecule has 3 rings (SSSR count). The third kappa shape index (κ3) is 11.0. The number of carbonyl (C=O) groups excluding carboxylic acids is 1. The van der Waals surface area contributed by atoms with Crippen molar-refractivity contribution in [2.24, 2.45) is 0 Å². The topological polar surface area (TPSA) is 132 Å². The molecule has 2 amide bonds. The zero-order chi connectivity index (χ0) is 28.6. The fraction of sp³-hybridized carbons (Fsp3) is 0.400. The maximum atomic E-state index is 12.8. The van der Waals surface area contributed by atoms with Gasteiger partial charge >= 0.3 is 6.03 Å². The van der Waals surface area contributed by atoms with Crippen LogP contribution in [0, 0.1) is 0 Å². The summed E-state index contributed by atoms with van der Waals surface area (Å²) >= 11 is 0. The molecule has 0 aliphatic heterocycles. The van der Waals surface area contributed by atoms with E-state index in [2.05, 4.69) is 32.6 Å². The quantitative estimate of drug-likeness (QED) is 0.142. The Balaban J connectivity index is 1.39. The number of carbonyl (C=O) groups is 1. The second-order valence-electron chi connectivity index (χ2n) is 9.73. The normalized spacial score (nSPS) is 12.1. The van der Waals surface area contributed by atoms with E-state index in [9.17, 15) is 18.3 Å². The first-order valence-electron chi connectivity index (χ1n) is 13.9. The number of nitrogens with one attached hydrogen (secondary N) is 4. The smallest absolute Gasteiger partial charge is 0.319 e. The highest BCUT2D eigenvalue weighted by Crippen LogP contribution is 2.19. The van der Waals surface area contributed by atoms with Crippen LogP contribution in [0.1, 0.15) is 62.7 Å². The molecule has 0 spiro atoms. The van der Waals surface area contributed by atoms with Crippen LogP contribution < -0.4 is 20.7 Å². The third-order valence-electron chi connectivity index (χ3n) is 6.44. The number of benzene rings is 2. The number of rotatable bonds is 17. The van der Waals surface area contributed by atoms with Gasteiger partial charge < -0.3 is 21.1 Å². The van der Waals surface area contributed by atoms with Crippen LogP contribution in [0.4, 0.5) is 16.2 Å². The molecule has 0 saturated carbocycles. The number of urea groups is 1. The van der Waals surface area contributed by atoms with E-state index in [-0.39, 0.29) is 10.9 Å². The molecule has 3 aromatic rings. The molecule has 0 saturated heterocycles. The standard InChI is InChI=1S/C30H41N5O4S/c1-2-3-4-5-6-7-20-33-30(37)34-26-14-16-28(17-15-26)40(38,39)35-27-12-10-24(11-13-27)18-21-32-23-29(36)25-9-8-19-31-22-25/h8-17,19,22,29,32,35-36H,2-7,18,20-21,23H2,1H3,(H2,33,34,37). The maximum Gasteiger partial charge on any atom is 0.319 e. The Bertz CT molecular complexity index is 1250. The number of unbranched alkanes of at least 4 members (excludes halogenated alkanes) is 5. The lowest BCUT2D eigenvalue weighted by Crippen LogP contribution is -2.29. The molecule has 216 valence electrons. The lowest BCUT2D eigenvalue weighted by atomic mass is 10.1. The fourth-order valence-electron chi connectivity index (χ4n) is 4.12. The average Bonchev–Trinajstić information content (AvgIpc) is 2.96. The van der Waals surface area contributed by atoms with Crippen molar-refractivity contribution in [2.45, 2.75) is 62.9 Å². The minimum Gasteiger partial charge on any atom is -0.387 e. The number of hydrogen-bond acceptors (Lipinski definition) is 6. The Hall–Kier alpha value is -3.47. The van der Waals surface area contributed by atoms with Gasteiger partial charge in [-0.3, -0.25) is 9.71 Å². The summed E-state index contributed by atoms with van der Waals surface area (Å²) < 4.78 is 28.3. The molecule has 0 aliphatic carbocycles. The van der Waals surface area contributed by atoms with Crippen molar-refractivity contribution in [3.05, 3.63) is 84.2 Å². The fourth-order valence-corrected chi connectivity index (χ4v) is 5.17. The zero-order valence-electron chi connectivity index (χ0n) is 23.1. The minimum absolute atomic E-state index is 0.103. The van der Waals surface area contributed by atoms with E-state index < -0.39 is 16.1 Å². The van der Waals surface area contributed by atoms with Crippen molar-refractivity contribution >= 4 is 27.4 Å². The zero-order valence-corrected chi connectivity index (χ0v) is 23.9. The van der Waals surface area contributed by atoms with Gasteiger partial charge in [-0.15, -0.1) is 0 Å². The molecule has 0 bridgehead atoms. The first-order chi connectivity index (χ1) is 19.4. The van der Waals surface area contributed by atoms with Crippen molar-refractivity contribution in [2.75, 3.05) is 29.7 Å². The first-order valence-corrected chi connectivity index (χ1v) is 15.4. The van der Waals surface area contributed by atoms with Crippen molar-refractivity contribution in [1.82, 2.24) is 15.6 Å².